The number of anilines is 1. The predicted molar refractivity (Wildman–Crippen MR) is 113 cm³/mol. The smallest absolute Gasteiger partial charge is 0.408 e. The van der Waals surface area contributed by atoms with E-state index in [0.29, 0.717) is 6.42 Å². The van der Waals surface area contributed by atoms with Crippen LogP contribution in [0.3, 0.4) is 0 Å². The second-order valence-corrected chi connectivity index (χ2v) is 8.16. The minimum absolute atomic E-state index is 0.0831. The lowest BCUT2D eigenvalue weighted by Crippen LogP contribution is -2.35. The monoisotopic (exact) mass is 393 g/mol. The van der Waals surface area contributed by atoms with Gasteiger partial charge in [-0.25, -0.2) is 4.79 Å². The number of aromatic nitrogens is 1. The van der Waals surface area contributed by atoms with Crippen LogP contribution in [0.25, 0.3) is 11.1 Å². The summed E-state index contributed by atoms with van der Waals surface area (Å²) in [6, 6.07) is 11.1. The molecule has 0 unspecified atom stereocenters. The fourth-order valence-corrected chi connectivity index (χ4v) is 3.11. The number of fused-ring (bicyclic) bond motifs is 4. The molecular weight excluding hydrogens is 366 g/mol. The molecule has 1 aromatic carbocycles. The molecule has 2 N–H and O–H groups in total. The van der Waals surface area contributed by atoms with E-state index in [1.807, 2.05) is 76.2 Å². The van der Waals surface area contributed by atoms with Crippen LogP contribution >= 0.6 is 0 Å². The molecule has 2 heterocycles. The molecule has 1 aliphatic rings. The third kappa shape index (κ3) is 5.44. The van der Waals surface area contributed by atoms with E-state index in [1.165, 1.54) is 0 Å². The van der Waals surface area contributed by atoms with Gasteiger partial charge in [0.25, 0.3) is 0 Å². The fourth-order valence-electron chi connectivity index (χ4n) is 3.11. The Morgan fingerprint density at radius 1 is 1.24 bits per heavy atom. The number of nitrogens with zero attached hydrogens (tertiary/aromatic N) is 1. The van der Waals surface area contributed by atoms with E-state index < -0.39 is 11.7 Å². The molecule has 0 aliphatic carbocycles. The molecule has 1 aromatic heterocycles. The molecule has 2 atom stereocenters. The van der Waals surface area contributed by atoms with Gasteiger partial charge in [0, 0.05) is 17.4 Å². The van der Waals surface area contributed by atoms with Gasteiger partial charge in [0.1, 0.15) is 5.60 Å². The van der Waals surface area contributed by atoms with Crippen LogP contribution < -0.4 is 10.6 Å². The number of benzene rings is 1. The summed E-state index contributed by atoms with van der Waals surface area (Å²) in [5.41, 5.74) is 2.70. The molecule has 3 rings (SSSR count). The van der Waals surface area contributed by atoms with Crippen LogP contribution in [0.15, 0.2) is 54.7 Å². The molecule has 2 amide bonds. The number of carbonyl (C=O) groups is 2. The Hall–Kier alpha value is -3.15. The average molecular weight is 393 g/mol. The Balaban J connectivity index is 2.01. The van der Waals surface area contributed by atoms with Crippen LogP contribution in [-0.4, -0.2) is 22.6 Å². The summed E-state index contributed by atoms with van der Waals surface area (Å²) in [5, 5.41) is 5.92. The van der Waals surface area contributed by atoms with Gasteiger partial charge in [-0.05, 0) is 51.0 Å². The van der Waals surface area contributed by atoms with Crippen LogP contribution in [0.1, 0.15) is 45.9 Å². The summed E-state index contributed by atoms with van der Waals surface area (Å²) in [5.74, 6) is -0.392. The van der Waals surface area contributed by atoms with Gasteiger partial charge in [-0.2, -0.15) is 0 Å². The molecule has 2 aromatic rings. The number of pyridine rings is 1. The van der Waals surface area contributed by atoms with E-state index in [4.69, 9.17) is 4.74 Å². The van der Waals surface area contributed by atoms with Crippen LogP contribution in [0.4, 0.5) is 10.5 Å². The van der Waals surface area contributed by atoms with Gasteiger partial charge < -0.3 is 15.4 Å². The maximum absolute atomic E-state index is 12.6. The van der Waals surface area contributed by atoms with Crippen molar-refractivity contribution in [2.45, 2.75) is 45.8 Å². The number of amides is 2. The van der Waals surface area contributed by atoms with Crippen molar-refractivity contribution in [3.63, 3.8) is 0 Å². The molecule has 0 radical (unpaired) electrons. The topological polar surface area (TPSA) is 80.3 Å². The van der Waals surface area contributed by atoms with Gasteiger partial charge >= 0.3 is 6.09 Å². The first-order chi connectivity index (χ1) is 13.7. The highest BCUT2D eigenvalue weighted by Gasteiger charge is 2.22. The maximum Gasteiger partial charge on any atom is 0.408 e. The van der Waals surface area contributed by atoms with E-state index in [0.717, 1.165) is 22.5 Å². The second kappa shape index (κ2) is 8.47. The Bertz CT molecular complexity index is 931. The quantitative estimate of drug-likeness (QED) is 0.679. The number of rotatable bonds is 1. The Kier molecular flexibility index (Phi) is 6.01. The summed E-state index contributed by atoms with van der Waals surface area (Å²) in [7, 11) is 0. The lowest BCUT2D eigenvalue weighted by atomic mass is 9.99. The molecule has 6 nitrogen and oxygen atoms in total. The second-order valence-electron chi connectivity index (χ2n) is 8.16. The lowest BCUT2D eigenvalue weighted by molar-refractivity contribution is -0.118. The van der Waals surface area contributed by atoms with Gasteiger partial charge in [-0.3, -0.25) is 9.78 Å². The minimum Gasteiger partial charge on any atom is -0.444 e. The maximum atomic E-state index is 12.6. The molecule has 29 heavy (non-hydrogen) atoms. The minimum atomic E-state index is -0.591. The highest BCUT2D eigenvalue weighted by molar-refractivity contribution is 5.97. The van der Waals surface area contributed by atoms with Crippen LogP contribution in [0.5, 0.6) is 0 Å². The predicted octanol–water partition coefficient (Wildman–Crippen LogP) is 4.85. The number of carbonyl (C=O) groups excluding carboxylic acids is 2. The van der Waals surface area contributed by atoms with E-state index in [2.05, 4.69) is 15.6 Å². The molecular formula is C23H27N3O3. The van der Waals surface area contributed by atoms with E-state index in [-0.39, 0.29) is 17.9 Å². The zero-order valence-electron chi connectivity index (χ0n) is 17.2. The van der Waals surface area contributed by atoms with Crippen molar-refractivity contribution in [2.24, 2.45) is 5.92 Å². The summed E-state index contributed by atoms with van der Waals surface area (Å²) < 4.78 is 5.41. The number of ether oxygens (including phenoxy) is 1. The molecule has 1 aliphatic heterocycles. The largest absolute Gasteiger partial charge is 0.444 e. The van der Waals surface area contributed by atoms with E-state index in [1.54, 1.807) is 6.20 Å². The average Bonchev–Trinajstić information content (AvgIpc) is 2.65. The van der Waals surface area contributed by atoms with Crippen molar-refractivity contribution in [3.8, 4) is 11.1 Å². The molecule has 152 valence electrons. The summed E-state index contributed by atoms with van der Waals surface area (Å²) in [6.45, 7) is 7.31. The van der Waals surface area contributed by atoms with Crippen molar-refractivity contribution in [1.29, 1.82) is 0 Å². The molecule has 0 saturated heterocycles. The standard InChI is InChI=1S/C23H27N3O3/c1-15-8-7-11-19(26-22(28)29-23(2,3)4)20-14-16(12-13-24-20)17-9-5-6-10-18(17)25-21(15)27/h5-10,12-15,19H,11H2,1-4H3,(H,25,27)(H,26,28)/t15-,19+/m1/s1. The highest BCUT2D eigenvalue weighted by atomic mass is 16.6. The molecule has 6 heteroatoms. The van der Waals surface area contributed by atoms with Crippen molar-refractivity contribution >= 4 is 17.7 Å². The normalized spacial score (nSPS) is 19.2. The molecule has 0 spiro atoms. The van der Waals surface area contributed by atoms with Crippen LogP contribution in [0.2, 0.25) is 0 Å². The first-order valence-electron chi connectivity index (χ1n) is 9.75. The highest BCUT2D eigenvalue weighted by Crippen LogP contribution is 2.30. The Labute approximate surface area is 171 Å². The van der Waals surface area contributed by atoms with Gasteiger partial charge in [-0.1, -0.05) is 37.3 Å². The molecule has 2 bridgehead atoms. The molecule has 0 fully saturated rings. The number of para-hydroxylation sites is 1. The van der Waals surface area contributed by atoms with Gasteiger partial charge in [0.2, 0.25) is 5.91 Å². The zero-order chi connectivity index (χ0) is 21.0. The van der Waals surface area contributed by atoms with Crippen LogP contribution in [-0.2, 0) is 9.53 Å². The SMILES string of the molecule is C[C@@H]1C=CC[C@H](NC(=O)OC(C)(C)C)c2cc(ccn2)-c2ccccc2NC1=O. The van der Waals surface area contributed by atoms with Gasteiger partial charge in [-0.15, -0.1) is 0 Å². The lowest BCUT2D eigenvalue weighted by Gasteiger charge is -2.23. The first-order valence-corrected chi connectivity index (χ1v) is 9.75. The molecule has 0 saturated carbocycles. The summed E-state index contributed by atoms with van der Waals surface area (Å²) in [6.07, 6.45) is 5.45. The van der Waals surface area contributed by atoms with Gasteiger partial charge in [0.05, 0.1) is 17.7 Å². The van der Waals surface area contributed by atoms with Crippen LogP contribution in [0, 0.1) is 5.92 Å². The number of hydrogen-bond acceptors (Lipinski definition) is 4. The summed E-state index contributed by atoms with van der Waals surface area (Å²) >= 11 is 0. The van der Waals surface area contributed by atoms with E-state index >= 15 is 0 Å². The van der Waals surface area contributed by atoms with Crippen molar-refractivity contribution in [3.05, 3.63) is 60.4 Å². The van der Waals surface area contributed by atoms with Crippen molar-refractivity contribution in [1.82, 2.24) is 10.3 Å². The van der Waals surface area contributed by atoms with E-state index in [9.17, 15) is 9.59 Å². The van der Waals surface area contributed by atoms with Gasteiger partial charge in [0.15, 0.2) is 0 Å². The third-order valence-electron chi connectivity index (χ3n) is 4.54. The Morgan fingerprint density at radius 2 is 2.00 bits per heavy atom. The Morgan fingerprint density at radius 3 is 2.76 bits per heavy atom. The number of alkyl carbamates (subject to hydrolysis) is 1. The summed E-state index contributed by atoms with van der Waals surface area (Å²) in [4.78, 5) is 29.4. The van der Waals surface area contributed by atoms with Crippen molar-refractivity contribution in [2.75, 3.05) is 5.32 Å². The number of nitrogens with one attached hydrogen (secondary N) is 2. The first kappa shape index (κ1) is 20.6. The third-order valence-corrected chi connectivity index (χ3v) is 4.54. The van der Waals surface area contributed by atoms with Crippen molar-refractivity contribution < 1.29 is 14.3 Å². The zero-order valence-corrected chi connectivity index (χ0v) is 17.2. The number of hydrogen-bond donors (Lipinski definition) is 2. The fraction of sp³-hybridized carbons (Fsp3) is 0.348.